The molecule has 0 radical (unpaired) electrons. The molecule has 0 aromatic heterocycles. The normalized spacial score (nSPS) is 12.0. The van der Waals surface area contributed by atoms with Crippen LogP contribution in [-0.2, 0) is 10.0 Å². The van der Waals surface area contributed by atoms with Crippen LogP contribution in [0, 0.1) is 5.92 Å². The Hall–Kier alpha value is -1.40. The molecule has 21 heavy (non-hydrogen) atoms. The zero-order chi connectivity index (χ0) is 16.0. The Morgan fingerprint density at radius 2 is 1.67 bits per heavy atom. The van der Waals surface area contributed by atoms with Crippen LogP contribution in [0.1, 0.15) is 44.0 Å². The first-order valence-electron chi connectivity index (χ1n) is 7.20. The Morgan fingerprint density at radius 3 is 2.05 bits per heavy atom. The fourth-order valence-electron chi connectivity index (χ4n) is 2.15. The lowest BCUT2D eigenvalue weighted by Gasteiger charge is -2.24. The summed E-state index contributed by atoms with van der Waals surface area (Å²) in [4.78, 5) is 11.0. The quantitative estimate of drug-likeness (QED) is 0.801. The molecule has 1 N–H and O–H groups in total. The summed E-state index contributed by atoms with van der Waals surface area (Å²) in [5.74, 6) is -0.735. The fourth-order valence-corrected chi connectivity index (χ4v) is 3.68. The zero-order valence-electron chi connectivity index (χ0n) is 12.7. The molecule has 0 amide bonds. The highest BCUT2D eigenvalue weighted by Gasteiger charge is 2.25. The maximum absolute atomic E-state index is 12.6. The monoisotopic (exact) mass is 313 g/mol. The minimum atomic E-state index is -3.57. The van der Waals surface area contributed by atoms with Crippen LogP contribution in [-0.4, -0.2) is 36.9 Å². The number of carboxylic acid groups (broad SMARTS) is 1. The van der Waals surface area contributed by atoms with Crippen molar-refractivity contribution in [3.8, 4) is 0 Å². The van der Waals surface area contributed by atoms with Gasteiger partial charge in [-0.15, -0.1) is 0 Å². The summed E-state index contributed by atoms with van der Waals surface area (Å²) in [5, 5.41) is 8.86. The number of carboxylic acids is 1. The van der Waals surface area contributed by atoms with E-state index >= 15 is 0 Å². The van der Waals surface area contributed by atoms with E-state index in [2.05, 4.69) is 13.8 Å². The predicted octanol–water partition coefficient (Wildman–Crippen LogP) is 2.83. The SMILES string of the molecule is CCC(CC)CN(CC)S(=O)(=O)c1ccc(C(=O)O)cc1. The molecule has 0 spiro atoms. The summed E-state index contributed by atoms with van der Waals surface area (Å²) >= 11 is 0. The van der Waals surface area contributed by atoms with Crippen molar-refractivity contribution in [3.05, 3.63) is 29.8 Å². The van der Waals surface area contributed by atoms with E-state index in [4.69, 9.17) is 5.11 Å². The van der Waals surface area contributed by atoms with E-state index in [1.807, 2.05) is 6.92 Å². The third-order valence-corrected chi connectivity index (χ3v) is 5.66. The second kappa shape index (κ2) is 7.56. The molecule has 5 nitrogen and oxygen atoms in total. The largest absolute Gasteiger partial charge is 0.478 e. The van der Waals surface area contributed by atoms with Crippen molar-refractivity contribution >= 4 is 16.0 Å². The van der Waals surface area contributed by atoms with Gasteiger partial charge in [-0.1, -0.05) is 33.6 Å². The minimum absolute atomic E-state index is 0.0805. The zero-order valence-corrected chi connectivity index (χ0v) is 13.6. The minimum Gasteiger partial charge on any atom is -0.478 e. The lowest BCUT2D eigenvalue weighted by atomic mass is 10.0. The van der Waals surface area contributed by atoms with Gasteiger partial charge in [0.05, 0.1) is 10.5 Å². The first kappa shape index (κ1) is 17.7. The second-order valence-electron chi connectivity index (χ2n) is 4.97. The third kappa shape index (κ3) is 4.28. The third-order valence-electron chi connectivity index (χ3n) is 3.71. The maximum atomic E-state index is 12.6. The van der Waals surface area contributed by atoms with E-state index in [0.717, 1.165) is 12.8 Å². The number of rotatable bonds is 8. The van der Waals surface area contributed by atoms with Crippen LogP contribution in [0.3, 0.4) is 0 Å². The van der Waals surface area contributed by atoms with Crippen LogP contribution in [0.25, 0.3) is 0 Å². The molecule has 1 rings (SSSR count). The Bertz CT molecular complexity index is 562. The van der Waals surface area contributed by atoms with Crippen molar-refractivity contribution in [1.29, 1.82) is 0 Å². The van der Waals surface area contributed by atoms with Gasteiger partial charge in [0, 0.05) is 13.1 Å². The van der Waals surface area contributed by atoms with Crippen LogP contribution >= 0.6 is 0 Å². The number of hydrogen-bond donors (Lipinski definition) is 1. The number of aromatic carboxylic acids is 1. The topological polar surface area (TPSA) is 74.7 Å². The van der Waals surface area contributed by atoms with E-state index < -0.39 is 16.0 Å². The van der Waals surface area contributed by atoms with Crippen LogP contribution in [0.5, 0.6) is 0 Å². The second-order valence-corrected chi connectivity index (χ2v) is 6.91. The molecule has 0 atom stereocenters. The van der Waals surface area contributed by atoms with Crippen LogP contribution in [0.15, 0.2) is 29.2 Å². The van der Waals surface area contributed by atoms with Crippen molar-refractivity contribution < 1.29 is 18.3 Å². The van der Waals surface area contributed by atoms with Gasteiger partial charge in [-0.3, -0.25) is 0 Å². The molecule has 0 aliphatic heterocycles. The highest BCUT2D eigenvalue weighted by atomic mass is 32.2. The smallest absolute Gasteiger partial charge is 0.335 e. The van der Waals surface area contributed by atoms with Crippen LogP contribution in [0.4, 0.5) is 0 Å². The molecule has 0 aliphatic rings. The standard InChI is InChI=1S/C15H23NO4S/c1-4-12(5-2)11-16(6-3)21(19,20)14-9-7-13(8-10-14)15(17)18/h7-10,12H,4-6,11H2,1-3H3,(H,17,18). The van der Waals surface area contributed by atoms with Crippen molar-refractivity contribution in [3.63, 3.8) is 0 Å². The van der Waals surface area contributed by atoms with Crippen molar-refractivity contribution in [2.45, 2.75) is 38.5 Å². The Labute approximate surface area is 126 Å². The number of nitrogens with zero attached hydrogens (tertiary/aromatic N) is 1. The summed E-state index contributed by atoms with van der Waals surface area (Å²) in [5.41, 5.74) is 0.0805. The average Bonchev–Trinajstić information content (AvgIpc) is 2.48. The molecule has 1 aromatic rings. The van der Waals surface area contributed by atoms with Crippen molar-refractivity contribution in [1.82, 2.24) is 4.31 Å². The molecular weight excluding hydrogens is 290 g/mol. The highest BCUT2D eigenvalue weighted by Crippen LogP contribution is 2.19. The first-order valence-corrected chi connectivity index (χ1v) is 8.64. The highest BCUT2D eigenvalue weighted by molar-refractivity contribution is 7.89. The van der Waals surface area contributed by atoms with E-state index in [9.17, 15) is 13.2 Å². The number of carbonyl (C=O) groups is 1. The summed E-state index contributed by atoms with van der Waals surface area (Å²) in [6.07, 6.45) is 1.86. The van der Waals surface area contributed by atoms with Gasteiger partial charge in [0.15, 0.2) is 0 Å². The van der Waals surface area contributed by atoms with Crippen LogP contribution < -0.4 is 0 Å². The van der Waals surface area contributed by atoms with Gasteiger partial charge in [0.2, 0.25) is 10.0 Å². The lowest BCUT2D eigenvalue weighted by molar-refractivity contribution is 0.0696. The first-order chi connectivity index (χ1) is 9.86. The van der Waals surface area contributed by atoms with Gasteiger partial charge in [-0.05, 0) is 30.2 Å². The van der Waals surface area contributed by atoms with Gasteiger partial charge in [-0.25, -0.2) is 13.2 Å². The number of benzene rings is 1. The van der Waals surface area contributed by atoms with E-state index in [0.29, 0.717) is 19.0 Å². The van der Waals surface area contributed by atoms with E-state index in [1.54, 1.807) is 0 Å². The van der Waals surface area contributed by atoms with Gasteiger partial charge >= 0.3 is 5.97 Å². The summed E-state index contributed by atoms with van der Waals surface area (Å²) in [6.45, 7) is 6.81. The molecule has 0 fully saturated rings. The van der Waals surface area contributed by atoms with Crippen molar-refractivity contribution in [2.75, 3.05) is 13.1 Å². The average molecular weight is 313 g/mol. The Morgan fingerprint density at radius 1 is 1.14 bits per heavy atom. The van der Waals surface area contributed by atoms with Gasteiger partial charge in [-0.2, -0.15) is 4.31 Å². The van der Waals surface area contributed by atoms with E-state index in [-0.39, 0.29) is 10.5 Å². The predicted molar refractivity (Wildman–Crippen MR) is 81.9 cm³/mol. The van der Waals surface area contributed by atoms with Crippen LogP contribution in [0.2, 0.25) is 0 Å². The van der Waals surface area contributed by atoms with Gasteiger partial charge < -0.3 is 5.11 Å². The summed E-state index contributed by atoms with van der Waals surface area (Å²) in [6, 6.07) is 5.35. The van der Waals surface area contributed by atoms with Gasteiger partial charge in [0.25, 0.3) is 0 Å². The Balaban J connectivity index is 3.03. The molecule has 0 aliphatic carbocycles. The fraction of sp³-hybridized carbons (Fsp3) is 0.533. The molecule has 0 saturated carbocycles. The molecular formula is C15H23NO4S. The number of sulfonamides is 1. The number of hydrogen-bond acceptors (Lipinski definition) is 3. The van der Waals surface area contributed by atoms with Crippen molar-refractivity contribution in [2.24, 2.45) is 5.92 Å². The summed E-state index contributed by atoms with van der Waals surface area (Å²) < 4.78 is 26.6. The molecule has 0 bridgehead atoms. The molecule has 6 heteroatoms. The van der Waals surface area contributed by atoms with E-state index in [1.165, 1.54) is 28.6 Å². The Kier molecular flexibility index (Phi) is 6.36. The molecule has 0 heterocycles. The summed E-state index contributed by atoms with van der Waals surface area (Å²) in [7, 11) is -3.57. The molecule has 118 valence electrons. The molecule has 0 saturated heterocycles. The lowest BCUT2D eigenvalue weighted by Crippen LogP contribution is -2.35. The van der Waals surface area contributed by atoms with Gasteiger partial charge in [0.1, 0.15) is 0 Å². The molecule has 0 unspecified atom stereocenters. The molecule has 1 aromatic carbocycles. The maximum Gasteiger partial charge on any atom is 0.335 e.